The van der Waals surface area contributed by atoms with Gasteiger partial charge in [0.1, 0.15) is 0 Å². The molecule has 1 aromatic carbocycles. The molecular weight excluding hydrogens is 360 g/mol. The van der Waals surface area contributed by atoms with Crippen LogP contribution in [0.4, 0.5) is 0 Å². The second-order valence-electron chi connectivity index (χ2n) is 4.30. The van der Waals surface area contributed by atoms with Crippen LogP contribution >= 0.6 is 11.6 Å². The van der Waals surface area contributed by atoms with E-state index in [4.69, 9.17) is 22.8 Å². The van der Waals surface area contributed by atoms with Gasteiger partial charge in [0.15, 0.2) is 6.61 Å². The van der Waals surface area contributed by atoms with Gasteiger partial charge in [0, 0.05) is 7.05 Å². The maximum Gasteiger partial charge on any atom is 0.340 e. The minimum absolute atomic E-state index is 0.00573. The SMILES string of the molecule is C#CCNC(=O)COC(=O)c1cc(S(=O)(=O)N(C)OC)ccc1Cl. The van der Waals surface area contributed by atoms with Crippen molar-refractivity contribution in [3.05, 3.63) is 28.8 Å². The summed E-state index contributed by atoms with van der Waals surface area (Å²) in [6.45, 7) is -0.583. The Balaban J connectivity index is 2.96. The number of nitrogens with one attached hydrogen (secondary N) is 1. The Morgan fingerprint density at radius 1 is 1.42 bits per heavy atom. The quantitative estimate of drug-likeness (QED) is 0.422. The molecular formula is C14H15ClN2O6S. The third kappa shape index (κ3) is 4.94. The molecule has 0 aliphatic carbocycles. The first-order chi connectivity index (χ1) is 11.2. The molecule has 1 aromatic rings. The van der Waals surface area contributed by atoms with Crippen LogP contribution in [0.5, 0.6) is 0 Å². The smallest absolute Gasteiger partial charge is 0.340 e. The number of sulfonamides is 1. The van der Waals surface area contributed by atoms with E-state index in [-0.39, 0.29) is 22.0 Å². The van der Waals surface area contributed by atoms with Crippen molar-refractivity contribution in [1.29, 1.82) is 0 Å². The van der Waals surface area contributed by atoms with Crippen LogP contribution in [0, 0.1) is 12.3 Å². The highest BCUT2D eigenvalue weighted by atomic mass is 35.5. The first-order valence-electron chi connectivity index (χ1n) is 6.44. The van der Waals surface area contributed by atoms with Crippen molar-refractivity contribution in [3.8, 4) is 12.3 Å². The summed E-state index contributed by atoms with van der Waals surface area (Å²) < 4.78 is 29.7. The van der Waals surface area contributed by atoms with Gasteiger partial charge in [-0.15, -0.1) is 6.42 Å². The Kier molecular flexibility index (Phi) is 7.18. The molecule has 0 atom stereocenters. The van der Waals surface area contributed by atoms with Crippen molar-refractivity contribution in [2.24, 2.45) is 0 Å². The molecule has 1 rings (SSSR count). The van der Waals surface area contributed by atoms with E-state index < -0.39 is 28.5 Å². The lowest BCUT2D eigenvalue weighted by atomic mass is 10.2. The third-order valence-corrected chi connectivity index (χ3v) is 4.78. The molecule has 0 unspecified atom stereocenters. The molecule has 0 aliphatic heterocycles. The molecule has 0 saturated heterocycles. The van der Waals surface area contributed by atoms with Crippen molar-refractivity contribution < 1.29 is 27.6 Å². The highest BCUT2D eigenvalue weighted by Gasteiger charge is 2.24. The molecule has 0 heterocycles. The Morgan fingerprint density at radius 3 is 2.67 bits per heavy atom. The summed E-state index contributed by atoms with van der Waals surface area (Å²) >= 11 is 5.89. The summed E-state index contributed by atoms with van der Waals surface area (Å²) in [5, 5.41) is 2.28. The average Bonchev–Trinajstić information content (AvgIpc) is 2.56. The monoisotopic (exact) mass is 374 g/mol. The summed E-state index contributed by atoms with van der Waals surface area (Å²) in [4.78, 5) is 27.8. The zero-order valence-corrected chi connectivity index (χ0v) is 14.5. The average molecular weight is 375 g/mol. The van der Waals surface area contributed by atoms with E-state index in [0.717, 1.165) is 6.07 Å². The number of halogens is 1. The highest BCUT2D eigenvalue weighted by Crippen LogP contribution is 2.23. The van der Waals surface area contributed by atoms with Gasteiger partial charge in [0.05, 0.1) is 29.1 Å². The van der Waals surface area contributed by atoms with E-state index in [2.05, 4.69) is 16.1 Å². The maximum atomic E-state index is 12.2. The first kappa shape index (κ1) is 19.9. The van der Waals surface area contributed by atoms with Gasteiger partial charge in [-0.25, -0.2) is 13.2 Å². The maximum absolute atomic E-state index is 12.2. The molecule has 0 bridgehead atoms. The molecule has 0 radical (unpaired) electrons. The van der Waals surface area contributed by atoms with Crippen molar-refractivity contribution in [1.82, 2.24) is 9.79 Å². The Hall–Kier alpha value is -2.12. The number of benzene rings is 1. The zero-order valence-electron chi connectivity index (χ0n) is 12.9. The lowest BCUT2D eigenvalue weighted by Crippen LogP contribution is -2.29. The van der Waals surface area contributed by atoms with Crippen molar-refractivity contribution in [2.45, 2.75) is 4.90 Å². The zero-order chi connectivity index (χ0) is 18.3. The second kappa shape index (κ2) is 8.65. The fraction of sp³-hybridized carbons (Fsp3) is 0.286. The molecule has 24 heavy (non-hydrogen) atoms. The number of hydrogen-bond acceptors (Lipinski definition) is 6. The second-order valence-corrected chi connectivity index (χ2v) is 6.64. The lowest BCUT2D eigenvalue weighted by molar-refractivity contribution is -0.123. The Morgan fingerprint density at radius 2 is 2.08 bits per heavy atom. The minimum Gasteiger partial charge on any atom is -0.452 e. The van der Waals surface area contributed by atoms with Gasteiger partial charge in [-0.1, -0.05) is 22.0 Å². The number of esters is 1. The summed E-state index contributed by atoms with van der Waals surface area (Å²) in [5.41, 5.74) is -0.202. The third-order valence-electron chi connectivity index (χ3n) is 2.77. The van der Waals surface area contributed by atoms with Gasteiger partial charge in [-0.3, -0.25) is 9.63 Å². The summed E-state index contributed by atoms with van der Waals surface area (Å²) in [7, 11) is -1.59. The lowest BCUT2D eigenvalue weighted by Gasteiger charge is -2.15. The first-order valence-corrected chi connectivity index (χ1v) is 8.25. The van der Waals surface area contributed by atoms with Gasteiger partial charge in [0.2, 0.25) is 0 Å². The van der Waals surface area contributed by atoms with Crippen molar-refractivity contribution in [3.63, 3.8) is 0 Å². The summed E-state index contributed by atoms with van der Waals surface area (Å²) in [6.07, 6.45) is 4.98. The number of amides is 1. The largest absolute Gasteiger partial charge is 0.452 e. The van der Waals surface area contributed by atoms with E-state index in [0.29, 0.717) is 4.47 Å². The molecule has 0 spiro atoms. The number of rotatable bonds is 7. The van der Waals surface area contributed by atoms with Crippen LogP contribution < -0.4 is 5.32 Å². The number of carbonyl (C=O) groups is 2. The molecule has 130 valence electrons. The molecule has 0 aliphatic rings. The molecule has 10 heteroatoms. The minimum atomic E-state index is -3.96. The van der Waals surface area contributed by atoms with E-state index in [1.807, 2.05) is 0 Å². The van der Waals surface area contributed by atoms with Gasteiger partial charge in [-0.2, -0.15) is 0 Å². The molecule has 0 fully saturated rings. The molecule has 0 saturated carbocycles. The van der Waals surface area contributed by atoms with Gasteiger partial charge < -0.3 is 10.1 Å². The van der Waals surface area contributed by atoms with Gasteiger partial charge >= 0.3 is 5.97 Å². The Labute approximate surface area is 144 Å². The number of ether oxygens (including phenoxy) is 1. The number of terminal acetylenes is 1. The van der Waals surface area contributed by atoms with Crippen LogP contribution in [0.1, 0.15) is 10.4 Å². The fourth-order valence-electron chi connectivity index (χ4n) is 1.48. The highest BCUT2D eigenvalue weighted by molar-refractivity contribution is 7.89. The topological polar surface area (TPSA) is 102 Å². The normalized spacial score (nSPS) is 11.0. The van der Waals surface area contributed by atoms with E-state index >= 15 is 0 Å². The van der Waals surface area contributed by atoms with Crippen LogP contribution in [0.2, 0.25) is 5.02 Å². The molecule has 0 aromatic heterocycles. The predicted molar refractivity (Wildman–Crippen MR) is 85.5 cm³/mol. The van der Waals surface area contributed by atoms with Crippen LogP contribution in [0.15, 0.2) is 23.1 Å². The van der Waals surface area contributed by atoms with Gasteiger partial charge in [0.25, 0.3) is 15.9 Å². The van der Waals surface area contributed by atoms with Crippen LogP contribution in [0.25, 0.3) is 0 Å². The van der Waals surface area contributed by atoms with E-state index in [1.54, 1.807) is 0 Å². The number of hydroxylamine groups is 1. The van der Waals surface area contributed by atoms with Crippen molar-refractivity contribution in [2.75, 3.05) is 27.3 Å². The van der Waals surface area contributed by atoms with E-state index in [9.17, 15) is 18.0 Å². The van der Waals surface area contributed by atoms with Crippen LogP contribution in [-0.4, -0.2) is 52.1 Å². The number of hydrogen-bond donors (Lipinski definition) is 1. The molecule has 1 N–H and O–H groups in total. The van der Waals surface area contributed by atoms with E-state index in [1.165, 1.54) is 26.3 Å². The standard InChI is InChI=1S/C14H15ClN2O6S/c1-4-7-16-13(18)9-23-14(19)11-8-10(5-6-12(11)15)24(20,21)17(2)22-3/h1,5-6,8H,7,9H2,2-3H3,(H,16,18). The Bertz CT molecular complexity index is 772. The fourth-order valence-corrected chi connectivity index (χ4v) is 2.67. The molecule has 1 amide bonds. The van der Waals surface area contributed by atoms with Crippen LogP contribution in [0.3, 0.4) is 0 Å². The number of carbonyl (C=O) groups excluding carboxylic acids is 2. The van der Waals surface area contributed by atoms with Crippen molar-refractivity contribution >= 4 is 33.5 Å². The molecule has 8 nitrogen and oxygen atoms in total. The summed E-state index contributed by atoms with van der Waals surface area (Å²) in [6, 6.07) is 3.48. The number of nitrogens with zero attached hydrogens (tertiary/aromatic N) is 1. The van der Waals surface area contributed by atoms with Gasteiger partial charge in [-0.05, 0) is 18.2 Å². The van der Waals surface area contributed by atoms with Crippen LogP contribution in [-0.2, 0) is 24.4 Å². The summed E-state index contributed by atoms with van der Waals surface area (Å²) in [5.74, 6) is 0.643. The predicted octanol–water partition coefficient (Wildman–Crippen LogP) is 0.428.